The van der Waals surface area contributed by atoms with E-state index >= 15 is 0 Å². The highest BCUT2D eigenvalue weighted by Crippen LogP contribution is 2.19. The van der Waals surface area contributed by atoms with Crippen LogP contribution in [0.4, 0.5) is 5.69 Å². The van der Waals surface area contributed by atoms with Gasteiger partial charge in [0.25, 0.3) is 5.91 Å². The van der Waals surface area contributed by atoms with E-state index in [0.29, 0.717) is 28.6 Å². The average Bonchev–Trinajstić information content (AvgIpc) is 2.39. The molecular weight excluding hydrogens is 264 g/mol. The lowest BCUT2D eigenvalue weighted by molar-refractivity contribution is 0.0950. The van der Waals surface area contributed by atoms with Gasteiger partial charge in [0.1, 0.15) is 5.82 Å². The molecular formula is C13H13ClN4O. The minimum atomic E-state index is -0.223. The molecule has 2 rings (SSSR count). The first kappa shape index (κ1) is 13.3. The summed E-state index contributed by atoms with van der Waals surface area (Å²) in [4.78, 5) is 20.1. The quantitative estimate of drug-likeness (QED) is 0.840. The van der Waals surface area contributed by atoms with E-state index in [1.807, 2.05) is 0 Å². The monoisotopic (exact) mass is 276 g/mol. The Balaban J connectivity index is 2.03. The molecule has 6 heteroatoms. The molecule has 0 unspecified atom stereocenters. The third-order valence-corrected chi connectivity index (χ3v) is 2.87. The minimum absolute atomic E-state index is 0.223. The number of amides is 1. The summed E-state index contributed by atoms with van der Waals surface area (Å²) >= 11 is 5.80. The van der Waals surface area contributed by atoms with Crippen LogP contribution < -0.4 is 11.1 Å². The highest BCUT2D eigenvalue weighted by atomic mass is 35.5. The summed E-state index contributed by atoms with van der Waals surface area (Å²) in [6.07, 6.45) is 1.66. The van der Waals surface area contributed by atoms with Gasteiger partial charge in [0, 0.05) is 11.8 Å². The zero-order valence-electron chi connectivity index (χ0n) is 10.4. The number of nitrogens with two attached hydrogens (primary N) is 1. The number of hydrogen-bond acceptors (Lipinski definition) is 4. The number of nitrogens with one attached hydrogen (secondary N) is 1. The van der Waals surface area contributed by atoms with Gasteiger partial charge in [-0.3, -0.25) is 4.79 Å². The van der Waals surface area contributed by atoms with Crippen LogP contribution in [0.25, 0.3) is 0 Å². The van der Waals surface area contributed by atoms with Gasteiger partial charge in [-0.15, -0.1) is 0 Å². The number of nitrogen functional groups attached to an aromatic ring is 1. The molecule has 1 aromatic heterocycles. The Bertz CT molecular complexity index is 615. The Labute approximate surface area is 115 Å². The van der Waals surface area contributed by atoms with Gasteiger partial charge in [-0.2, -0.15) is 0 Å². The lowest BCUT2D eigenvalue weighted by atomic mass is 10.2. The smallest absolute Gasteiger partial charge is 0.251 e. The minimum Gasteiger partial charge on any atom is -0.398 e. The number of anilines is 1. The van der Waals surface area contributed by atoms with Crippen molar-refractivity contribution in [2.45, 2.75) is 13.5 Å². The van der Waals surface area contributed by atoms with Crippen molar-refractivity contribution in [3.8, 4) is 0 Å². The molecule has 1 amide bonds. The molecule has 0 fully saturated rings. The van der Waals surface area contributed by atoms with Crippen molar-refractivity contribution in [1.82, 2.24) is 15.3 Å². The van der Waals surface area contributed by atoms with Crippen LogP contribution in [-0.2, 0) is 6.54 Å². The van der Waals surface area contributed by atoms with Crippen molar-refractivity contribution in [2.24, 2.45) is 0 Å². The first-order chi connectivity index (χ1) is 9.06. The zero-order valence-corrected chi connectivity index (χ0v) is 11.1. The molecule has 19 heavy (non-hydrogen) atoms. The largest absolute Gasteiger partial charge is 0.398 e. The van der Waals surface area contributed by atoms with E-state index in [0.717, 1.165) is 5.69 Å². The van der Waals surface area contributed by atoms with Gasteiger partial charge in [-0.1, -0.05) is 11.6 Å². The summed E-state index contributed by atoms with van der Waals surface area (Å²) in [5.41, 5.74) is 7.25. The van der Waals surface area contributed by atoms with Crippen LogP contribution in [0.5, 0.6) is 0 Å². The summed E-state index contributed by atoms with van der Waals surface area (Å²) in [6, 6.07) is 6.52. The summed E-state index contributed by atoms with van der Waals surface area (Å²) in [5.74, 6) is 0.446. The number of halogens is 1. The van der Waals surface area contributed by atoms with Gasteiger partial charge < -0.3 is 11.1 Å². The molecule has 0 aliphatic rings. The Hall–Kier alpha value is -2.14. The maximum absolute atomic E-state index is 11.9. The van der Waals surface area contributed by atoms with Crippen LogP contribution in [0.2, 0.25) is 5.02 Å². The van der Waals surface area contributed by atoms with Crippen molar-refractivity contribution in [2.75, 3.05) is 5.73 Å². The van der Waals surface area contributed by atoms with Crippen molar-refractivity contribution in [3.63, 3.8) is 0 Å². The Morgan fingerprint density at radius 2 is 2.21 bits per heavy atom. The molecule has 0 bridgehead atoms. The molecule has 2 aromatic rings. The fourth-order valence-electron chi connectivity index (χ4n) is 1.56. The molecule has 0 aliphatic heterocycles. The molecule has 1 heterocycles. The van der Waals surface area contributed by atoms with Crippen molar-refractivity contribution >= 4 is 23.2 Å². The third-order valence-electron chi connectivity index (χ3n) is 2.52. The Kier molecular flexibility index (Phi) is 3.97. The average molecular weight is 277 g/mol. The van der Waals surface area contributed by atoms with Crippen molar-refractivity contribution < 1.29 is 4.79 Å². The number of aryl methyl sites for hydroxylation is 1. The summed E-state index contributed by atoms with van der Waals surface area (Å²) in [5, 5.41) is 3.19. The molecule has 0 saturated heterocycles. The number of nitrogens with zero attached hydrogens (tertiary/aromatic N) is 2. The molecule has 0 radical (unpaired) electrons. The second kappa shape index (κ2) is 5.67. The first-order valence-corrected chi connectivity index (χ1v) is 6.06. The lowest BCUT2D eigenvalue weighted by Gasteiger charge is -2.06. The summed E-state index contributed by atoms with van der Waals surface area (Å²) in [7, 11) is 0. The Morgan fingerprint density at radius 1 is 1.42 bits per heavy atom. The van der Waals surface area contributed by atoms with E-state index in [1.54, 1.807) is 37.4 Å². The van der Waals surface area contributed by atoms with Crippen LogP contribution >= 0.6 is 11.6 Å². The fourth-order valence-corrected chi connectivity index (χ4v) is 1.68. The van der Waals surface area contributed by atoms with Gasteiger partial charge in [0.05, 0.1) is 22.9 Å². The topological polar surface area (TPSA) is 80.9 Å². The number of carbonyl (C=O) groups excluding carboxylic acids is 1. The SMILES string of the molecule is Cc1nccc(CNC(=O)c2ccc(Cl)c(N)c2)n1. The highest BCUT2D eigenvalue weighted by molar-refractivity contribution is 6.33. The van der Waals surface area contributed by atoms with Crippen LogP contribution in [0.15, 0.2) is 30.5 Å². The number of carbonyl (C=O) groups is 1. The summed E-state index contributed by atoms with van der Waals surface area (Å²) < 4.78 is 0. The third kappa shape index (κ3) is 3.42. The molecule has 1 aromatic carbocycles. The van der Waals surface area contributed by atoms with E-state index in [1.165, 1.54) is 0 Å². The van der Waals surface area contributed by atoms with Crippen LogP contribution in [0.3, 0.4) is 0 Å². The maximum atomic E-state index is 11.9. The van der Waals surface area contributed by atoms with Gasteiger partial charge in [-0.25, -0.2) is 9.97 Å². The van der Waals surface area contributed by atoms with Gasteiger partial charge >= 0.3 is 0 Å². The number of hydrogen-bond donors (Lipinski definition) is 2. The normalized spacial score (nSPS) is 10.2. The number of benzene rings is 1. The fraction of sp³-hybridized carbons (Fsp3) is 0.154. The lowest BCUT2D eigenvalue weighted by Crippen LogP contribution is -2.23. The first-order valence-electron chi connectivity index (χ1n) is 5.68. The van der Waals surface area contributed by atoms with Gasteiger partial charge in [-0.05, 0) is 31.2 Å². The van der Waals surface area contributed by atoms with Crippen LogP contribution in [0.1, 0.15) is 21.9 Å². The van der Waals surface area contributed by atoms with Crippen LogP contribution in [0, 0.1) is 6.92 Å². The molecule has 3 N–H and O–H groups in total. The zero-order chi connectivity index (χ0) is 13.8. The van der Waals surface area contributed by atoms with Crippen molar-refractivity contribution in [1.29, 1.82) is 0 Å². The summed E-state index contributed by atoms with van der Waals surface area (Å²) in [6.45, 7) is 2.13. The van der Waals surface area contributed by atoms with E-state index in [4.69, 9.17) is 17.3 Å². The number of aromatic nitrogens is 2. The predicted molar refractivity (Wildman–Crippen MR) is 73.8 cm³/mol. The van der Waals surface area contributed by atoms with E-state index < -0.39 is 0 Å². The molecule has 0 spiro atoms. The predicted octanol–water partition coefficient (Wildman–Crippen LogP) is 1.95. The van der Waals surface area contributed by atoms with Crippen LogP contribution in [-0.4, -0.2) is 15.9 Å². The Morgan fingerprint density at radius 3 is 2.89 bits per heavy atom. The van der Waals surface area contributed by atoms with Crippen molar-refractivity contribution in [3.05, 3.63) is 52.6 Å². The molecule has 5 nitrogen and oxygen atoms in total. The second-order valence-corrected chi connectivity index (χ2v) is 4.42. The molecule has 0 atom stereocenters. The highest BCUT2D eigenvalue weighted by Gasteiger charge is 2.07. The van der Waals surface area contributed by atoms with Gasteiger partial charge in [0.15, 0.2) is 0 Å². The van der Waals surface area contributed by atoms with E-state index in [9.17, 15) is 4.79 Å². The molecule has 0 saturated carbocycles. The number of rotatable bonds is 3. The van der Waals surface area contributed by atoms with E-state index in [-0.39, 0.29) is 5.91 Å². The second-order valence-electron chi connectivity index (χ2n) is 4.01. The molecule has 0 aliphatic carbocycles. The molecule has 98 valence electrons. The van der Waals surface area contributed by atoms with E-state index in [2.05, 4.69) is 15.3 Å². The van der Waals surface area contributed by atoms with Gasteiger partial charge in [0.2, 0.25) is 0 Å². The maximum Gasteiger partial charge on any atom is 0.251 e. The standard InChI is InChI=1S/C13H13ClN4O/c1-8-16-5-4-10(18-8)7-17-13(19)9-2-3-11(14)12(15)6-9/h2-6H,7,15H2,1H3,(H,17,19).